The third-order valence-corrected chi connectivity index (χ3v) is 2.49. The second-order valence-corrected chi connectivity index (χ2v) is 3.62. The Morgan fingerprint density at radius 3 is 3.00 bits per heavy atom. The second kappa shape index (κ2) is 4.47. The van der Waals surface area contributed by atoms with Crippen molar-refractivity contribution in [3.8, 4) is 0 Å². The molecule has 0 amide bonds. The minimum absolute atomic E-state index is 0.572. The fourth-order valence-electron chi connectivity index (χ4n) is 1.51. The molecule has 0 spiro atoms. The van der Waals surface area contributed by atoms with Gasteiger partial charge in [0.15, 0.2) is 0 Å². The molecule has 0 saturated carbocycles. The van der Waals surface area contributed by atoms with Gasteiger partial charge in [0, 0.05) is 24.7 Å². The number of nitrogens with two attached hydrogens (primary N) is 1. The van der Waals surface area contributed by atoms with Crippen LogP contribution in [0.25, 0.3) is 10.8 Å². The van der Waals surface area contributed by atoms with Gasteiger partial charge in [-0.25, -0.2) is 4.98 Å². The van der Waals surface area contributed by atoms with Crippen LogP contribution in [-0.2, 0) is 0 Å². The van der Waals surface area contributed by atoms with E-state index in [2.05, 4.69) is 10.3 Å². The second-order valence-electron chi connectivity index (χ2n) is 3.21. The third kappa shape index (κ3) is 2.03. The van der Waals surface area contributed by atoms with Crippen molar-refractivity contribution in [3.63, 3.8) is 0 Å². The lowest BCUT2D eigenvalue weighted by Gasteiger charge is -2.08. The van der Waals surface area contributed by atoms with Crippen LogP contribution in [-0.4, -0.2) is 18.1 Å². The van der Waals surface area contributed by atoms with Crippen molar-refractivity contribution in [3.05, 3.63) is 35.5 Å². The number of halogens is 1. The predicted molar refractivity (Wildman–Crippen MR) is 64.3 cm³/mol. The molecule has 0 aliphatic carbocycles. The Bertz CT molecular complexity index is 465. The van der Waals surface area contributed by atoms with Gasteiger partial charge < -0.3 is 11.1 Å². The summed E-state index contributed by atoms with van der Waals surface area (Å²) in [7, 11) is 0. The normalized spacial score (nSPS) is 10.5. The van der Waals surface area contributed by atoms with Crippen molar-refractivity contribution in [1.29, 1.82) is 0 Å². The smallest absolute Gasteiger partial charge is 0.135 e. The van der Waals surface area contributed by atoms with E-state index in [0.29, 0.717) is 18.1 Å². The minimum Gasteiger partial charge on any atom is -0.368 e. The van der Waals surface area contributed by atoms with Crippen LogP contribution in [0.4, 0.5) is 5.82 Å². The number of pyridine rings is 1. The van der Waals surface area contributed by atoms with Gasteiger partial charge >= 0.3 is 0 Å². The van der Waals surface area contributed by atoms with E-state index in [1.54, 1.807) is 6.20 Å². The number of hydrogen-bond donors (Lipinski definition) is 2. The lowest BCUT2D eigenvalue weighted by Crippen LogP contribution is -2.14. The number of fused-ring (bicyclic) bond motifs is 1. The van der Waals surface area contributed by atoms with E-state index in [4.69, 9.17) is 17.3 Å². The molecule has 1 aromatic carbocycles. The lowest BCUT2D eigenvalue weighted by molar-refractivity contribution is 1.02. The molecule has 3 nitrogen and oxygen atoms in total. The van der Waals surface area contributed by atoms with Crippen molar-refractivity contribution in [1.82, 2.24) is 4.98 Å². The Morgan fingerprint density at radius 1 is 1.33 bits per heavy atom. The monoisotopic (exact) mass is 221 g/mol. The first-order valence-electron chi connectivity index (χ1n) is 4.80. The van der Waals surface area contributed by atoms with Gasteiger partial charge in [-0.05, 0) is 17.5 Å². The van der Waals surface area contributed by atoms with Gasteiger partial charge in [-0.1, -0.05) is 23.7 Å². The summed E-state index contributed by atoms with van der Waals surface area (Å²) in [6.07, 6.45) is 1.76. The molecule has 0 unspecified atom stereocenters. The highest BCUT2D eigenvalue weighted by atomic mass is 35.5. The molecule has 3 N–H and O–H groups in total. The molecule has 2 rings (SSSR count). The molecule has 1 aromatic heterocycles. The maximum atomic E-state index is 6.13. The molecule has 1 heterocycles. The molecule has 0 saturated heterocycles. The summed E-state index contributed by atoms with van der Waals surface area (Å²) in [5.74, 6) is 0.795. The summed E-state index contributed by atoms with van der Waals surface area (Å²) in [4.78, 5) is 4.25. The number of anilines is 1. The van der Waals surface area contributed by atoms with Crippen LogP contribution in [0.1, 0.15) is 0 Å². The predicted octanol–water partition coefficient (Wildman–Crippen LogP) is 2.26. The fourth-order valence-corrected chi connectivity index (χ4v) is 1.78. The van der Waals surface area contributed by atoms with Crippen molar-refractivity contribution in [2.45, 2.75) is 0 Å². The first-order chi connectivity index (χ1) is 7.33. The first-order valence-corrected chi connectivity index (χ1v) is 5.18. The van der Waals surface area contributed by atoms with Gasteiger partial charge in [0.2, 0.25) is 0 Å². The van der Waals surface area contributed by atoms with Crippen molar-refractivity contribution < 1.29 is 0 Å². The topological polar surface area (TPSA) is 50.9 Å². The molecule has 15 heavy (non-hydrogen) atoms. The Balaban J connectivity index is 2.53. The Hall–Kier alpha value is -1.32. The van der Waals surface area contributed by atoms with Crippen LogP contribution in [0.5, 0.6) is 0 Å². The molecule has 2 aromatic rings. The molecule has 0 radical (unpaired) electrons. The van der Waals surface area contributed by atoms with Crippen LogP contribution in [0, 0.1) is 0 Å². The average Bonchev–Trinajstić information content (AvgIpc) is 2.26. The van der Waals surface area contributed by atoms with Crippen LogP contribution < -0.4 is 11.1 Å². The Kier molecular flexibility index (Phi) is 3.04. The van der Waals surface area contributed by atoms with Crippen molar-refractivity contribution in [2.75, 3.05) is 18.4 Å². The molecule has 0 atom stereocenters. The lowest BCUT2D eigenvalue weighted by atomic mass is 10.1. The molecule has 0 aliphatic rings. The van der Waals surface area contributed by atoms with E-state index in [1.807, 2.05) is 24.3 Å². The van der Waals surface area contributed by atoms with Crippen LogP contribution in [0.15, 0.2) is 30.5 Å². The highest BCUT2D eigenvalue weighted by Gasteiger charge is 2.04. The largest absolute Gasteiger partial charge is 0.368 e. The van der Waals surface area contributed by atoms with E-state index in [0.717, 1.165) is 16.6 Å². The highest BCUT2D eigenvalue weighted by molar-refractivity contribution is 6.36. The van der Waals surface area contributed by atoms with E-state index >= 15 is 0 Å². The molecule has 0 aliphatic heterocycles. The van der Waals surface area contributed by atoms with Crippen LogP contribution in [0.2, 0.25) is 5.02 Å². The molecular weight excluding hydrogens is 210 g/mol. The third-order valence-electron chi connectivity index (χ3n) is 2.18. The van der Waals surface area contributed by atoms with Crippen molar-refractivity contribution >= 4 is 28.2 Å². The number of benzene rings is 1. The average molecular weight is 222 g/mol. The molecular formula is C11H12ClN3. The number of hydrogen-bond acceptors (Lipinski definition) is 3. The Labute approximate surface area is 93.3 Å². The zero-order valence-electron chi connectivity index (χ0n) is 8.20. The van der Waals surface area contributed by atoms with Gasteiger partial charge in [-0.3, -0.25) is 0 Å². The van der Waals surface area contributed by atoms with Gasteiger partial charge in [-0.15, -0.1) is 0 Å². The van der Waals surface area contributed by atoms with E-state index in [-0.39, 0.29) is 0 Å². The number of nitrogens with one attached hydrogen (secondary N) is 1. The summed E-state index contributed by atoms with van der Waals surface area (Å²) in [6, 6.07) is 7.74. The molecule has 0 fully saturated rings. The summed E-state index contributed by atoms with van der Waals surface area (Å²) in [5, 5.41) is 5.90. The zero-order chi connectivity index (χ0) is 10.7. The van der Waals surface area contributed by atoms with Crippen LogP contribution in [0.3, 0.4) is 0 Å². The Morgan fingerprint density at radius 2 is 2.20 bits per heavy atom. The van der Waals surface area contributed by atoms with E-state index < -0.39 is 0 Å². The number of aromatic nitrogens is 1. The fraction of sp³-hybridized carbons (Fsp3) is 0.182. The standard InChI is InChI=1S/C11H12ClN3/c12-9-3-1-2-8-4-6-14-11(10(8)9)15-7-5-13/h1-4,6H,5,7,13H2,(H,14,15). The summed E-state index contributed by atoms with van der Waals surface area (Å²) in [6.45, 7) is 1.26. The van der Waals surface area contributed by atoms with Crippen LogP contribution >= 0.6 is 11.6 Å². The SMILES string of the molecule is NCCNc1nccc2cccc(Cl)c12. The van der Waals surface area contributed by atoms with Gasteiger partial charge in [-0.2, -0.15) is 0 Å². The number of rotatable bonds is 3. The van der Waals surface area contributed by atoms with Gasteiger partial charge in [0.05, 0.1) is 5.02 Å². The molecule has 4 heteroatoms. The maximum absolute atomic E-state index is 6.13. The summed E-state index contributed by atoms with van der Waals surface area (Å²) >= 11 is 6.13. The minimum atomic E-state index is 0.572. The maximum Gasteiger partial charge on any atom is 0.135 e. The molecule has 0 bridgehead atoms. The van der Waals surface area contributed by atoms with Gasteiger partial charge in [0.25, 0.3) is 0 Å². The summed E-state index contributed by atoms with van der Waals surface area (Å²) < 4.78 is 0. The van der Waals surface area contributed by atoms with E-state index in [1.165, 1.54) is 0 Å². The zero-order valence-corrected chi connectivity index (χ0v) is 8.96. The van der Waals surface area contributed by atoms with Crippen molar-refractivity contribution in [2.24, 2.45) is 5.73 Å². The van der Waals surface area contributed by atoms with E-state index in [9.17, 15) is 0 Å². The quantitative estimate of drug-likeness (QED) is 0.836. The summed E-state index contributed by atoms with van der Waals surface area (Å²) in [5.41, 5.74) is 5.44. The highest BCUT2D eigenvalue weighted by Crippen LogP contribution is 2.28. The first kappa shape index (κ1) is 10.2. The molecule has 78 valence electrons. The van der Waals surface area contributed by atoms with Gasteiger partial charge in [0.1, 0.15) is 5.82 Å². The number of nitrogens with zero attached hydrogens (tertiary/aromatic N) is 1.